The minimum Gasteiger partial charge on any atom is -0.491 e. The number of nitrogens with zero attached hydrogens (tertiary/aromatic N) is 1. The van der Waals surface area contributed by atoms with Crippen LogP contribution < -0.4 is 10.2 Å². The summed E-state index contributed by atoms with van der Waals surface area (Å²) in [6, 6.07) is 19.7. The summed E-state index contributed by atoms with van der Waals surface area (Å²) >= 11 is 4.46. The van der Waals surface area contributed by atoms with E-state index in [1.165, 1.54) is 0 Å². The molecule has 1 heterocycles. The molecule has 5 heteroatoms. The maximum absolute atomic E-state index is 10.6. The number of fused-ring (bicyclic) bond motifs is 3. The summed E-state index contributed by atoms with van der Waals surface area (Å²) in [5.41, 5.74) is 3.85. The van der Waals surface area contributed by atoms with Gasteiger partial charge in [-0.05, 0) is 42.8 Å². The number of hydrogen-bond donors (Lipinski definition) is 2. The fourth-order valence-corrected chi connectivity index (χ4v) is 3.68. The molecular weight excluding hydrogens is 353 g/mol. The monoisotopic (exact) mass is 373 g/mol. The first-order valence-corrected chi connectivity index (χ1v) is 9.34. The van der Waals surface area contributed by atoms with Crippen molar-refractivity contribution in [2.75, 3.05) is 6.61 Å². The summed E-state index contributed by atoms with van der Waals surface area (Å²) in [6.45, 7) is 2.65. The highest BCUT2D eigenvalue weighted by Gasteiger charge is 2.15. The average Bonchev–Trinajstić information content (AvgIpc) is 2.93. The topological polar surface area (TPSA) is 34.4 Å². The maximum Gasteiger partial charge on any atom is 0.122 e. The van der Waals surface area contributed by atoms with Gasteiger partial charge in [0.25, 0.3) is 0 Å². The fourth-order valence-electron chi connectivity index (χ4n) is 3.47. The molecule has 4 rings (SSSR count). The Hall–Kier alpha value is -2.37. The molecule has 0 aliphatic rings. The number of aromatic nitrogens is 1. The van der Waals surface area contributed by atoms with E-state index in [0.29, 0.717) is 6.54 Å². The number of ether oxygens (including phenoxy) is 1. The van der Waals surface area contributed by atoms with Gasteiger partial charge in [0.1, 0.15) is 26.3 Å². The Kier molecular flexibility index (Phi) is 4.89. The third-order valence-corrected chi connectivity index (χ3v) is 5.07. The van der Waals surface area contributed by atoms with E-state index >= 15 is 0 Å². The van der Waals surface area contributed by atoms with Gasteiger partial charge in [0.2, 0.25) is 0 Å². The first kappa shape index (κ1) is 18.0. The molecule has 0 aliphatic carbocycles. The van der Waals surface area contributed by atoms with Crippen LogP contribution in [-0.2, 0) is 6.54 Å². The summed E-state index contributed by atoms with van der Waals surface area (Å²) in [7, 11) is 5.99. The van der Waals surface area contributed by atoms with Crippen LogP contribution in [0.5, 0.6) is 5.75 Å². The number of thiol groups is 1. The summed E-state index contributed by atoms with van der Waals surface area (Å²) in [6.07, 6.45) is -0.642. The van der Waals surface area contributed by atoms with E-state index in [2.05, 4.69) is 17.2 Å². The Morgan fingerprint density at radius 3 is 2.52 bits per heavy atom. The summed E-state index contributed by atoms with van der Waals surface area (Å²) in [5, 5.41) is 12.8. The molecule has 27 heavy (non-hydrogen) atoms. The van der Waals surface area contributed by atoms with Crippen molar-refractivity contribution in [2.45, 2.75) is 24.5 Å². The lowest BCUT2D eigenvalue weighted by atomic mass is 9.94. The average molecular weight is 373 g/mol. The number of aliphatic hydroxyl groups is 1. The molecule has 2 radical (unpaired) electrons. The Labute approximate surface area is 165 Å². The number of para-hydroxylation sites is 1. The number of aryl methyl sites for hydroxylation is 1. The Morgan fingerprint density at radius 1 is 1.04 bits per heavy atom. The van der Waals surface area contributed by atoms with E-state index in [9.17, 15) is 5.11 Å². The first-order valence-electron chi connectivity index (χ1n) is 8.90. The standard InChI is InChI=1S/C22H20BNO2S/c1-14-4-2-3-5-22(14)26-13-16(25)12-24-20-8-6-15(23)10-18(20)19-11-17(27)7-9-21(19)24/h2-11,16,25,27H,12-13H2,1H3. The van der Waals surface area contributed by atoms with Crippen LogP contribution in [0.2, 0.25) is 0 Å². The molecule has 1 unspecified atom stereocenters. The quantitative estimate of drug-likeness (QED) is 0.414. The zero-order chi connectivity index (χ0) is 19.0. The minimum absolute atomic E-state index is 0.228. The molecule has 1 N–H and O–H groups in total. The van der Waals surface area contributed by atoms with Gasteiger partial charge in [-0.2, -0.15) is 0 Å². The SMILES string of the molecule is [B]c1ccc2c(c1)c1cc(S)ccc1n2CC(O)COc1ccccc1C. The van der Waals surface area contributed by atoms with Gasteiger partial charge in [-0.3, -0.25) is 0 Å². The molecule has 0 amide bonds. The van der Waals surface area contributed by atoms with Gasteiger partial charge >= 0.3 is 0 Å². The van der Waals surface area contributed by atoms with Crippen molar-refractivity contribution in [1.82, 2.24) is 4.57 Å². The van der Waals surface area contributed by atoms with Gasteiger partial charge < -0.3 is 14.4 Å². The van der Waals surface area contributed by atoms with E-state index in [1.54, 1.807) is 0 Å². The lowest BCUT2D eigenvalue weighted by molar-refractivity contribution is 0.0942. The van der Waals surface area contributed by atoms with Gasteiger partial charge in [-0.15, -0.1) is 12.6 Å². The molecule has 0 saturated carbocycles. The summed E-state index contributed by atoms with van der Waals surface area (Å²) in [4.78, 5) is 0.896. The lowest BCUT2D eigenvalue weighted by Crippen LogP contribution is -2.23. The Balaban J connectivity index is 1.65. The van der Waals surface area contributed by atoms with Gasteiger partial charge in [0.05, 0.1) is 6.54 Å². The van der Waals surface area contributed by atoms with Crippen molar-refractivity contribution in [1.29, 1.82) is 0 Å². The molecule has 1 aromatic heterocycles. The third-order valence-electron chi connectivity index (χ3n) is 4.79. The first-order chi connectivity index (χ1) is 13.0. The highest BCUT2D eigenvalue weighted by Crippen LogP contribution is 2.30. The largest absolute Gasteiger partial charge is 0.491 e. The van der Waals surface area contributed by atoms with Crippen LogP contribution in [0.4, 0.5) is 0 Å². The number of aliphatic hydroxyl groups excluding tert-OH is 1. The molecule has 3 aromatic carbocycles. The van der Waals surface area contributed by atoms with Crippen molar-refractivity contribution in [2.24, 2.45) is 0 Å². The van der Waals surface area contributed by atoms with E-state index in [4.69, 9.17) is 12.6 Å². The fraction of sp³-hybridized carbons (Fsp3) is 0.182. The maximum atomic E-state index is 10.6. The molecule has 134 valence electrons. The minimum atomic E-state index is -0.642. The highest BCUT2D eigenvalue weighted by atomic mass is 32.1. The molecule has 0 fully saturated rings. The Morgan fingerprint density at radius 2 is 1.74 bits per heavy atom. The number of hydrogen-bond acceptors (Lipinski definition) is 3. The van der Waals surface area contributed by atoms with Crippen molar-refractivity contribution < 1.29 is 9.84 Å². The zero-order valence-corrected chi connectivity index (χ0v) is 16.0. The molecule has 0 aliphatic heterocycles. The summed E-state index contributed by atoms with van der Waals surface area (Å²) < 4.78 is 7.93. The van der Waals surface area contributed by atoms with E-state index < -0.39 is 6.10 Å². The van der Waals surface area contributed by atoms with Crippen LogP contribution >= 0.6 is 12.6 Å². The van der Waals surface area contributed by atoms with Gasteiger partial charge in [-0.25, -0.2) is 0 Å². The van der Waals surface area contributed by atoms with Crippen molar-refractivity contribution in [3.63, 3.8) is 0 Å². The van der Waals surface area contributed by atoms with Crippen LogP contribution in [-0.4, -0.2) is 30.2 Å². The summed E-state index contributed by atoms with van der Waals surface area (Å²) in [5.74, 6) is 0.797. The highest BCUT2D eigenvalue weighted by molar-refractivity contribution is 7.80. The smallest absolute Gasteiger partial charge is 0.122 e. The second kappa shape index (κ2) is 7.33. The van der Waals surface area contributed by atoms with Gasteiger partial charge in [-0.1, -0.05) is 35.8 Å². The lowest BCUT2D eigenvalue weighted by Gasteiger charge is -2.16. The van der Waals surface area contributed by atoms with Crippen molar-refractivity contribution >= 4 is 47.7 Å². The molecule has 0 bridgehead atoms. The van der Waals surface area contributed by atoms with Gasteiger partial charge in [0.15, 0.2) is 0 Å². The second-order valence-electron chi connectivity index (χ2n) is 6.82. The van der Waals surface area contributed by atoms with Crippen LogP contribution in [0.3, 0.4) is 0 Å². The van der Waals surface area contributed by atoms with E-state index in [1.807, 2.05) is 67.6 Å². The van der Waals surface area contributed by atoms with Crippen molar-refractivity contribution in [3.8, 4) is 5.75 Å². The predicted molar refractivity (Wildman–Crippen MR) is 115 cm³/mol. The second-order valence-corrected chi connectivity index (χ2v) is 7.34. The number of rotatable bonds is 5. The van der Waals surface area contributed by atoms with E-state index in [0.717, 1.165) is 43.5 Å². The van der Waals surface area contributed by atoms with Crippen LogP contribution in [0.15, 0.2) is 65.6 Å². The predicted octanol–water partition coefficient (Wildman–Crippen LogP) is 3.63. The molecule has 4 aromatic rings. The molecule has 3 nitrogen and oxygen atoms in total. The number of benzene rings is 3. The zero-order valence-electron chi connectivity index (χ0n) is 15.1. The molecule has 0 saturated heterocycles. The van der Waals surface area contributed by atoms with Gasteiger partial charge in [0, 0.05) is 26.7 Å². The third kappa shape index (κ3) is 3.57. The van der Waals surface area contributed by atoms with Crippen LogP contribution in [0.1, 0.15) is 5.56 Å². The van der Waals surface area contributed by atoms with Crippen LogP contribution in [0.25, 0.3) is 21.8 Å². The molecule has 1 atom stereocenters. The van der Waals surface area contributed by atoms with Crippen LogP contribution in [0, 0.1) is 6.92 Å². The Bertz CT molecular complexity index is 1060. The normalized spacial score (nSPS) is 12.6. The molecular formula is C22H20BNO2S. The van der Waals surface area contributed by atoms with E-state index in [-0.39, 0.29) is 6.61 Å². The molecule has 0 spiro atoms. The van der Waals surface area contributed by atoms with Crippen molar-refractivity contribution in [3.05, 3.63) is 66.2 Å².